The van der Waals surface area contributed by atoms with Crippen molar-refractivity contribution in [3.05, 3.63) is 54.0 Å². The molecule has 0 unspecified atom stereocenters. The van der Waals surface area contributed by atoms with Crippen LogP contribution in [0.2, 0.25) is 0 Å². The van der Waals surface area contributed by atoms with Gasteiger partial charge in [0.2, 0.25) is 0 Å². The molecule has 3 saturated heterocycles. The summed E-state index contributed by atoms with van der Waals surface area (Å²) in [7, 11) is 0. The number of benzene rings is 2. The molecule has 2 aromatic carbocycles. The Morgan fingerprint density at radius 1 is 1.20 bits per heavy atom. The second-order valence-corrected chi connectivity index (χ2v) is 8.38. The van der Waals surface area contributed by atoms with Crippen LogP contribution in [0.15, 0.2) is 42.5 Å². The van der Waals surface area contributed by atoms with Crippen molar-refractivity contribution in [3.63, 3.8) is 0 Å². The highest BCUT2D eigenvalue weighted by Crippen LogP contribution is 2.31. The third-order valence-corrected chi connectivity index (χ3v) is 6.63. The van der Waals surface area contributed by atoms with E-state index >= 15 is 0 Å². The quantitative estimate of drug-likeness (QED) is 0.624. The number of nitrogens with zero attached hydrogens (tertiary/aromatic N) is 2. The predicted octanol–water partition coefficient (Wildman–Crippen LogP) is 3.63. The fourth-order valence-electron chi connectivity index (χ4n) is 4.31. The highest BCUT2D eigenvalue weighted by atomic mass is 32.1. The highest BCUT2D eigenvalue weighted by Gasteiger charge is 2.35. The number of amides is 1. The van der Waals surface area contributed by atoms with E-state index in [9.17, 15) is 9.18 Å². The van der Waals surface area contributed by atoms with Crippen molar-refractivity contribution in [2.75, 3.05) is 19.6 Å². The molecule has 3 fully saturated rings. The third kappa shape index (κ3) is 4.20. The molecule has 4 heterocycles. The number of hydrogen-bond acceptors (Lipinski definition) is 5. The summed E-state index contributed by atoms with van der Waals surface area (Å²) in [5.41, 5.74) is 2.25. The largest absolute Gasteiger partial charge is 0.483 e. The lowest BCUT2D eigenvalue weighted by Crippen LogP contribution is -2.57. The number of aromatic nitrogens is 1. The molecule has 0 spiro atoms. The van der Waals surface area contributed by atoms with Crippen LogP contribution in [0, 0.1) is 11.7 Å². The molecule has 8 heteroatoms. The van der Waals surface area contributed by atoms with Crippen molar-refractivity contribution in [2.24, 2.45) is 5.92 Å². The normalized spacial score (nSPS) is 22.2. The Hall–Kier alpha value is -2.84. The molecule has 156 valence electrons. The van der Waals surface area contributed by atoms with Crippen molar-refractivity contribution in [1.82, 2.24) is 14.6 Å². The SMILES string of the molecule is O=C(N[C@@H]1CN2CCC1CC2)c1nsc2cc(-c3cccc(F)c3)ccc12.O=CO. The number of carbonyl (C=O) groups excluding carboxylic acids is 1. The van der Waals surface area contributed by atoms with Crippen molar-refractivity contribution < 1.29 is 19.1 Å². The molecule has 6 rings (SSSR count). The minimum Gasteiger partial charge on any atom is -0.483 e. The number of piperidine rings is 3. The van der Waals surface area contributed by atoms with E-state index in [0.29, 0.717) is 11.6 Å². The summed E-state index contributed by atoms with van der Waals surface area (Å²) in [6.45, 7) is 3.00. The lowest BCUT2D eigenvalue weighted by atomic mass is 9.84. The smallest absolute Gasteiger partial charge is 0.290 e. The van der Waals surface area contributed by atoms with E-state index in [1.54, 1.807) is 6.07 Å². The Labute approximate surface area is 177 Å². The Morgan fingerprint density at radius 2 is 1.93 bits per heavy atom. The van der Waals surface area contributed by atoms with Crippen molar-refractivity contribution in [1.29, 1.82) is 0 Å². The molecule has 0 saturated carbocycles. The number of nitrogens with one attached hydrogen (secondary N) is 1. The third-order valence-electron chi connectivity index (χ3n) is 5.82. The molecule has 2 N–H and O–H groups in total. The lowest BCUT2D eigenvalue weighted by Gasteiger charge is -2.44. The second-order valence-electron chi connectivity index (χ2n) is 7.58. The van der Waals surface area contributed by atoms with Crippen LogP contribution >= 0.6 is 11.5 Å². The number of carbonyl (C=O) groups is 2. The monoisotopic (exact) mass is 427 g/mol. The van der Waals surface area contributed by atoms with Gasteiger partial charge >= 0.3 is 0 Å². The molecule has 1 aromatic heterocycles. The molecule has 3 aliphatic rings. The van der Waals surface area contributed by atoms with Gasteiger partial charge in [-0.1, -0.05) is 24.3 Å². The van der Waals surface area contributed by atoms with Gasteiger partial charge in [0.1, 0.15) is 11.5 Å². The molecule has 30 heavy (non-hydrogen) atoms. The maximum Gasteiger partial charge on any atom is 0.290 e. The molecule has 3 aromatic rings. The van der Waals surface area contributed by atoms with Gasteiger partial charge in [0.15, 0.2) is 0 Å². The van der Waals surface area contributed by atoms with Gasteiger partial charge in [0.25, 0.3) is 12.4 Å². The van der Waals surface area contributed by atoms with Gasteiger partial charge in [-0.25, -0.2) is 4.39 Å². The average molecular weight is 428 g/mol. The standard InChI is InChI=1S/C21H20FN3OS.CH2O2/c22-16-3-1-2-14(10-16)15-4-5-17-19(11-15)27-24-20(17)21(26)23-18-12-25-8-6-13(18)7-9-25;2-1-3/h1-5,10-11,13,18H,6-9,12H2,(H,23,26);1H,(H,2,3)/t18-;/m1./s1. The number of halogens is 1. The van der Waals surface area contributed by atoms with E-state index in [-0.39, 0.29) is 24.2 Å². The fraction of sp³-hybridized carbons (Fsp3) is 0.318. The Bertz CT molecular complexity index is 1060. The topological polar surface area (TPSA) is 82.5 Å². The van der Waals surface area contributed by atoms with Crippen LogP contribution in [0.3, 0.4) is 0 Å². The van der Waals surface area contributed by atoms with Crippen LogP contribution in [-0.2, 0) is 4.79 Å². The Kier molecular flexibility index (Phi) is 6.06. The summed E-state index contributed by atoms with van der Waals surface area (Å²) < 4.78 is 18.9. The first kappa shape index (κ1) is 20.4. The predicted molar refractivity (Wildman–Crippen MR) is 114 cm³/mol. The Morgan fingerprint density at radius 3 is 2.60 bits per heavy atom. The van der Waals surface area contributed by atoms with Crippen molar-refractivity contribution in [3.8, 4) is 11.1 Å². The van der Waals surface area contributed by atoms with E-state index in [2.05, 4.69) is 14.6 Å². The summed E-state index contributed by atoms with van der Waals surface area (Å²) in [5, 5.41) is 11.0. The zero-order valence-corrected chi connectivity index (χ0v) is 17.1. The zero-order chi connectivity index (χ0) is 21.1. The maximum absolute atomic E-state index is 13.5. The molecule has 2 bridgehead atoms. The van der Waals surface area contributed by atoms with Gasteiger partial charge in [-0.15, -0.1) is 0 Å². The second kappa shape index (κ2) is 8.89. The first-order chi connectivity index (χ1) is 14.6. The first-order valence-corrected chi connectivity index (χ1v) is 10.6. The maximum atomic E-state index is 13.5. The molecule has 0 aliphatic carbocycles. The highest BCUT2D eigenvalue weighted by molar-refractivity contribution is 7.13. The van der Waals surface area contributed by atoms with Gasteiger partial charge in [-0.05, 0) is 72.7 Å². The molecular formula is C22H22FN3O3S. The van der Waals surface area contributed by atoms with Crippen LogP contribution in [-0.4, -0.2) is 52.4 Å². The van der Waals surface area contributed by atoms with E-state index in [4.69, 9.17) is 9.90 Å². The minimum atomic E-state index is -0.255. The summed E-state index contributed by atoms with van der Waals surface area (Å²) in [6, 6.07) is 12.6. The van der Waals surface area contributed by atoms with Crippen molar-refractivity contribution in [2.45, 2.75) is 18.9 Å². The summed E-state index contributed by atoms with van der Waals surface area (Å²) in [4.78, 5) is 23.6. The Balaban J connectivity index is 0.000000687. The molecule has 3 aliphatic heterocycles. The van der Waals surface area contributed by atoms with Gasteiger partial charge in [-0.2, -0.15) is 4.37 Å². The van der Waals surface area contributed by atoms with E-state index < -0.39 is 0 Å². The zero-order valence-electron chi connectivity index (χ0n) is 16.3. The molecular weight excluding hydrogens is 405 g/mol. The summed E-state index contributed by atoms with van der Waals surface area (Å²) in [6.07, 6.45) is 2.33. The van der Waals surface area contributed by atoms with Crippen LogP contribution in [0.25, 0.3) is 21.2 Å². The first-order valence-electron chi connectivity index (χ1n) is 9.85. The van der Waals surface area contributed by atoms with Gasteiger partial charge in [0, 0.05) is 18.0 Å². The van der Waals surface area contributed by atoms with Gasteiger partial charge < -0.3 is 15.3 Å². The lowest BCUT2D eigenvalue weighted by molar-refractivity contribution is -0.122. The number of fused-ring (bicyclic) bond motifs is 4. The molecule has 1 atom stereocenters. The van der Waals surface area contributed by atoms with Crippen molar-refractivity contribution >= 4 is 34.0 Å². The van der Waals surface area contributed by atoms with Gasteiger partial charge in [-0.3, -0.25) is 9.59 Å². The summed E-state index contributed by atoms with van der Waals surface area (Å²) >= 11 is 1.32. The van der Waals surface area contributed by atoms with E-state index in [0.717, 1.165) is 40.8 Å². The van der Waals surface area contributed by atoms with Crippen LogP contribution in [0.5, 0.6) is 0 Å². The van der Waals surface area contributed by atoms with Crippen LogP contribution < -0.4 is 5.32 Å². The number of carboxylic acid groups (broad SMARTS) is 1. The van der Waals surface area contributed by atoms with E-state index in [1.807, 2.05) is 24.3 Å². The summed E-state index contributed by atoms with van der Waals surface area (Å²) in [5.74, 6) is 0.247. The number of hydrogen-bond donors (Lipinski definition) is 2. The number of rotatable bonds is 3. The fourth-order valence-corrected chi connectivity index (χ4v) is 5.13. The molecule has 6 nitrogen and oxygen atoms in total. The van der Waals surface area contributed by atoms with E-state index in [1.165, 1.54) is 36.5 Å². The molecule has 0 radical (unpaired) electrons. The molecule has 1 amide bonds. The van der Waals surface area contributed by atoms with Crippen LogP contribution in [0.1, 0.15) is 23.3 Å². The van der Waals surface area contributed by atoms with Gasteiger partial charge in [0.05, 0.1) is 4.70 Å². The average Bonchev–Trinajstić information content (AvgIpc) is 3.19. The minimum absolute atomic E-state index is 0.0847. The van der Waals surface area contributed by atoms with Crippen LogP contribution in [0.4, 0.5) is 4.39 Å².